The number of ether oxygens (including phenoxy) is 1. The topological polar surface area (TPSA) is 29.5 Å². The summed E-state index contributed by atoms with van der Waals surface area (Å²) >= 11 is 0. The Morgan fingerprint density at radius 3 is 2.53 bits per heavy atom. The van der Waals surface area contributed by atoms with Gasteiger partial charge in [-0.15, -0.1) is 0 Å². The summed E-state index contributed by atoms with van der Waals surface area (Å²) in [6.45, 7) is 5.38. The van der Waals surface area contributed by atoms with Gasteiger partial charge in [0.1, 0.15) is 0 Å². The van der Waals surface area contributed by atoms with E-state index in [-0.39, 0.29) is 5.97 Å². The normalized spacial score (nSPS) is 24.2. The highest BCUT2D eigenvalue weighted by molar-refractivity contribution is 5.90. The summed E-state index contributed by atoms with van der Waals surface area (Å²) in [6.07, 6.45) is 3.78. The van der Waals surface area contributed by atoms with Crippen molar-refractivity contribution in [2.24, 2.45) is 0 Å². The average molecular weight is 261 g/mol. The van der Waals surface area contributed by atoms with Gasteiger partial charge in [-0.05, 0) is 38.3 Å². The van der Waals surface area contributed by atoms with Crippen LogP contribution >= 0.6 is 0 Å². The molecule has 3 nitrogen and oxygen atoms in total. The first-order valence-corrected chi connectivity index (χ1v) is 7.05. The first-order valence-electron chi connectivity index (χ1n) is 7.05. The van der Waals surface area contributed by atoms with E-state index in [1.807, 2.05) is 24.3 Å². The van der Waals surface area contributed by atoms with Crippen molar-refractivity contribution < 1.29 is 9.53 Å². The third-order valence-electron chi connectivity index (χ3n) is 4.15. The summed E-state index contributed by atoms with van der Waals surface area (Å²) in [4.78, 5) is 14.3. The van der Waals surface area contributed by atoms with Crippen molar-refractivity contribution in [3.05, 3.63) is 35.4 Å². The third-order valence-corrected chi connectivity index (χ3v) is 4.15. The van der Waals surface area contributed by atoms with E-state index in [1.165, 1.54) is 26.4 Å². The molecule has 1 heterocycles. The van der Waals surface area contributed by atoms with Crippen molar-refractivity contribution in [3.63, 3.8) is 0 Å². The molecule has 19 heavy (non-hydrogen) atoms. The molecule has 1 aromatic rings. The second-order valence-corrected chi connectivity index (χ2v) is 5.45. The van der Waals surface area contributed by atoms with Gasteiger partial charge in [0, 0.05) is 18.6 Å². The molecule has 1 fully saturated rings. The largest absolute Gasteiger partial charge is 0.465 e. The van der Waals surface area contributed by atoms with E-state index in [4.69, 9.17) is 4.74 Å². The number of benzene rings is 1. The zero-order valence-corrected chi connectivity index (χ0v) is 12.1. The van der Waals surface area contributed by atoms with Crippen LogP contribution in [0.4, 0.5) is 0 Å². The lowest BCUT2D eigenvalue weighted by Crippen LogP contribution is -2.43. The molecular formula is C16H23NO2. The number of esters is 1. The smallest absolute Gasteiger partial charge is 0.338 e. The number of nitrogens with zero attached hydrogens (tertiary/aromatic N) is 1. The van der Waals surface area contributed by atoms with Crippen LogP contribution in [0.5, 0.6) is 0 Å². The number of piperidine rings is 1. The Balaban J connectivity index is 2.20. The fourth-order valence-corrected chi connectivity index (χ4v) is 2.95. The number of carbonyl (C=O) groups is 1. The van der Waals surface area contributed by atoms with Gasteiger partial charge in [0.05, 0.1) is 12.7 Å². The maximum absolute atomic E-state index is 11.8. The average Bonchev–Trinajstić information content (AvgIpc) is 2.42. The maximum atomic E-state index is 11.8. The van der Waals surface area contributed by atoms with Crippen LogP contribution < -0.4 is 0 Å². The zero-order valence-electron chi connectivity index (χ0n) is 12.1. The van der Waals surface area contributed by atoms with E-state index in [9.17, 15) is 4.79 Å². The Morgan fingerprint density at radius 2 is 1.89 bits per heavy atom. The molecule has 2 unspecified atom stereocenters. The molecule has 2 atom stereocenters. The molecule has 0 spiro atoms. The van der Waals surface area contributed by atoms with Crippen molar-refractivity contribution in [3.8, 4) is 0 Å². The fourth-order valence-electron chi connectivity index (χ4n) is 2.95. The molecule has 0 radical (unpaired) electrons. The first kappa shape index (κ1) is 14.1. The number of methoxy groups -OCH3 is 1. The van der Waals surface area contributed by atoms with Gasteiger partial charge in [0.2, 0.25) is 0 Å². The third kappa shape index (κ3) is 3.16. The van der Waals surface area contributed by atoms with Crippen LogP contribution in [0.3, 0.4) is 0 Å². The van der Waals surface area contributed by atoms with Crippen LogP contribution in [-0.4, -0.2) is 30.1 Å². The van der Waals surface area contributed by atoms with E-state index < -0.39 is 0 Å². The van der Waals surface area contributed by atoms with Crippen molar-refractivity contribution in [1.29, 1.82) is 0 Å². The molecular weight excluding hydrogens is 238 g/mol. The summed E-state index contributed by atoms with van der Waals surface area (Å²) in [6, 6.07) is 8.91. The molecule has 0 bridgehead atoms. The highest BCUT2D eigenvalue weighted by Gasteiger charge is 2.25. The summed E-state index contributed by atoms with van der Waals surface area (Å²) in [7, 11) is 1.44. The molecule has 0 aromatic heterocycles. The highest BCUT2D eigenvalue weighted by atomic mass is 16.5. The predicted octanol–water partition coefficient (Wildman–Crippen LogP) is 3.24. The Kier molecular flexibility index (Phi) is 4.59. The summed E-state index contributed by atoms with van der Waals surface area (Å²) in [5.74, 6) is -0.243. The van der Waals surface area contributed by atoms with E-state index in [2.05, 4.69) is 18.7 Å². The monoisotopic (exact) mass is 261 g/mol. The molecule has 0 N–H and O–H groups in total. The quantitative estimate of drug-likeness (QED) is 0.782. The van der Waals surface area contributed by atoms with Crippen LogP contribution in [0.25, 0.3) is 0 Å². The molecule has 3 heteroatoms. The van der Waals surface area contributed by atoms with E-state index >= 15 is 0 Å². The minimum atomic E-state index is -0.243. The van der Waals surface area contributed by atoms with Gasteiger partial charge < -0.3 is 4.74 Å². The van der Waals surface area contributed by atoms with E-state index in [1.54, 1.807) is 0 Å². The van der Waals surface area contributed by atoms with Gasteiger partial charge in [-0.25, -0.2) is 4.79 Å². The molecule has 1 saturated heterocycles. The van der Waals surface area contributed by atoms with E-state index in [0.717, 1.165) is 12.1 Å². The van der Waals surface area contributed by atoms with Gasteiger partial charge in [-0.3, -0.25) is 4.90 Å². The number of hydrogen-bond donors (Lipinski definition) is 0. The van der Waals surface area contributed by atoms with Gasteiger partial charge in [0.15, 0.2) is 0 Å². The minimum absolute atomic E-state index is 0.243. The van der Waals surface area contributed by atoms with Crippen LogP contribution in [0.15, 0.2) is 24.3 Å². The lowest BCUT2D eigenvalue weighted by atomic mass is 9.96. The minimum Gasteiger partial charge on any atom is -0.465 e. The van der Waals surface area contributed by atoms with Crippen LogP contribution in [0.1, 0.15) is 49.0 Å². The first-order chi connectivity index (χ1) is 9.13. The van der Waals surface area contributed by atoms with Crippen molar-refractivity contribution >= 4 is 5.97 Å². The summed E-state index contributed by atoms with van der Waals surface area (Å²) in [5, 5.41) is 0. The lowest BCUT2D eigenvalue weighted by Gasteiger charge is -2.39. The number of rotatable bonds is 3. The predicted molar refractivity (Wildman–Crippen MR) is 76.1 cm³/mol. The van der Waals surface area contributed by atoms with Crippen molar-refractivity contribution in [2.75, 3.05) is 7.11 Å². The Hall–Kier alpha value is -1.35. The fraction of sp³-hybridized carbons (Fsp3) is 0.562. The second-order valence-electron chi connectivity index (χ2n) is 5.45. The SMILES string of the molecule is COC(=O)c1ccccc1CN1C(C)CCCC1C. The van der Waals surface area contributed by atoms with Gasteiger partial charge in [-0.1, -0.05) is 24.6 Å². The van der Waals surface area contributed by atoms with Gasteiger partial charge >= 0.3 is 5.97 Å². The summed E-state index contributed by atoms with van der Waals surface area (Å²) < 4.78 is 4.86. The molecule has 104 valence electrons. The maximum Gasteiger partial charge on any atom is 0.338 e. The van der Waals surface area contributed by atoms with Crippen molar-refractivity contribution in [1.82, 2.24) is 4.90 Å². The molecule has 0 amide bonds. The van der Waals surface area contributed by atoms with Crippen LogP contribution in [0.2, 0.25) is 0 Å². The van der Waals surface area contributed by atoms with Gasteiger partial charge in [-0.2, -0.15) is 0 Å². The molecule has 1 aromatic carbocycles. The van der Waals surface area contributed by atoms with E-state index in [0.29, 0.717) is 17.6 Å². The molecule has 2 rings (SSSR count). The van der Waals surface area contributed by atoms with Crippen LogP contribution in [-0.2, 0) is 11.3 Å². The Labute approximate surface area is 115 Å². The number of likely N-dealkylation sites (tertiary alicyclic amines) is 1. The van der Waals surface area contributed by atoms with Gasteiger partial charge in [0.25, 0.3) is 0 Å². The van der Waals surface area contributed by atoms with Crippen LogP contribution in [0, 0.1) is 0 Å². The highest BCUT2D eigenvalue weighted by Crippen LogP contribution is 2.25. The second kappa shape index (κ2) is 6.20. The molecule has 1 aliphatic rings. The molecule has 0 aliphatic carbocycles. The zero-order chi connectivity index (χ0) is 13.8. The lowest BCUT2D eigenvalue weighted by molar-refractivity contribution is 0.0592. The van der Waals surface area contributed by atoms with Crippen molar-refractivity contribution in [2.45, 2.75) is 51.7 Å². The number of hydrogen-bond acceptors (Lipinski definition) is 3. The Morgan fingerprint density at radius 1 is 1.26 bits per heavy atom. The standard InChI is InChI=1S/C16H23NO2/c1-12-7-6-8-13(2)17(12)11-14-9-4-5-10-15(14)16(18)19-3/h4-5,9-10,12-13H,6-8,11H2,1-3H3. The molecule has 0 saturated carbocycles. The Bertz CT molecular complexity index is 434. The number of carbonyl (C=O) groups excluding carboxylic acids is 1. The molecule has 1 aliphatic heterocycles. The summed E-state index contributed by atoms with van der Waals surface area (Å²) in [5.41, 5.74) is 1.75.